The summed E-state index contributed by atoms with van der Waals surface area (Å²) in [6, 6.07) is 12.0. The van der Waals surface area contributed by atoms with Crippen LogP contribution in [0.3, 0.4) is 0 Å². The Morgan fingerprint density at radius 1 is 1.00 bits per heavy atom. The van der Waals surface area contributed by atoms with Gasteiger partial charge in [-0.2, -0.15) is 4.31 Å². The third-order valence-corrected chi connectivity index (χ3v) is 6.48. The van der Waals surface area contributed by atoms with E-state index in [1.54, 1.807) is 0 Å². The smallest absolute Gasteiger partial charge is 0.244 e. The molecule has 1 heterocycles. The molecule has 0 spiro atoms. The molecule has 0 atom stereocenters. The lowest BCUT2D eigenvalue weighted by molar-refractivity contribution is 0.421. The summed E-state index contributed by atoms with van der Waals surface area (Å²) in [5.41, 5.74) is 6.57. The Labute approximate surface area is 148 Å². The van der Waals surface area contributed by atoms with Crippen molar-refractivity contribution in [3.63, 3.8) is 0 Å². The maximum atomic E-state index is 12.8. The van der Waals surface area contributed by atoms with Gasteiger partial charge in [0.25, 0.3) is 0 Å². The van der Waals surface area contributed by atoms with Crippen molar-refractivity contribution in [3.8, 4) is 0 Å². The van der Waals surface area contributed by atoms with E-state index in [0.29, 0.717) is 6.42 Å². The van der Waals surface area contributed by atoms with Crippen LogP contribution in [0.1, 0.15) is 5.56 Å². The first-order valence-corrected chi connectivity index (χ1v) is 11.0. The normalized spacial score (nSPS) is 12.4. The Bertz CT molecular complexity index is 896. The highest BCUT2D eigenvalue weighted by Gasteiger charge is 2.24. The lowest BCUT2D eigenvalue weighted by Crippen LogP contribution is -2.37. The fourth-order valence-electron chi connectivity index (χ4n) is 2.28. The summed E-state index contributed by atoms with van der Waals surface area (Å²) >= 11 is 0. The van der Waals surface area contributed by atoms with Gasteiger partial charge in [-0.15, -0.1) is 0 Å². The van der Waals surface area contributed by atoms with Gasteiger partial charge in [-0.1, -0.05) is 30.3 Å². The number of sulfonamides is 1. The third kappa shape index (κ3) is 5.08. The minimum Gasteiger partial charge on any atom is -0.329 e. The van der Waals surface area contributed by atoms with E-state index in [1.807, 2.05) is 30.3 Å². The monoisotopic (exact) mass is 383 g/mol. The number of nitrogens with two attached hydrogens (primary N) is 1. The van der Waals surface area contributed by atoms with Gasteiger partial charge in [-0.3, -0.25) is 0 Å². The van der Waals surface area contributed by atoms with E-state index >= 15 is 0 Å². The molecule has 2 N–H and O–H groups in total. The van der Waals surface area contributed by atoms with E-state index in [4.69, 9.17) is 5.73 Å². The quantitative estimate of drug-likeness (QED) is 0.718. The molecule has 9 heteroatoms. The van der Waals surface area contributed by atoms with Crippen molar-refractivity contribution in [2.45, 2.75) is 16.3 Å². The van der Waals surface area contributed by atoms with Crippen molar-refractivity contribution < 1.29 is 16.8 Å². The standard InChI is InChI=1S/C16H21N3O4S2/c1-24(20,21)16-8-7-15(13-18-16)25(22,23)19(12-10-17)11-9-14-5-3-2-4-6-14/h2-8,13H,9-12,17H2,1H3. The van der Waals surface area contributed by atoms with Crippen LogP contribution >= 0.6 is 0 Å². The van der Waals surface area contributed by atoms with E-state index < -0.39 is 19.9 Å². The third-order valence-electron chi connectivity index (χ3n) is 3.60. The minimum absolute atomic E-state index is 0.0542. The van der Waals surface area contributed by atoms with Crippen LogP contribution in [0.4, 0.5) is 0 Å². The van der Waals surface area contributed by atoms with Crippen LogP contribution in [0.25, 0.3) is 0 Å². The Morgan fingerprint density at radius 2 is 1.68 bits per heavy atom. The lowest BCUT2D eigenvalue weighted by atomic mass is 10.1. The van der Waals surface area contributed by atoms with Gasteiger partial charge < -0.3 is 5.73 Å². The van der Waals surface area contributed by atoms with Crippen LogP contribution in [-0.4, -0.2) is 52.0 Å². The van der Waals surface area contributed by atoms with Crippen molar-refractivity contribution in [1.29, 1.82) is 0 Å². The maximum absolute atomic E-state index is 12.8. The Morgan fingerprint density at radius 3 is 2.20 bits per heavy atom. The Hall–Kier alpha value is -1.81. The van der Waals surface area contributed by atoms with Crippen LogP contribution in [0.2, 0.25) is 0 Å². The summed E-state index contributed by atoms with van der Waals surface area (Å²) in [4.78, 5) is 3.70. The van der Waals surface area contributed by atoms with Gasteiger partial charge in [0.05, 0.1) is 0 Å². The number of pyridine rings is 1. The van der Waals surface area contributed by atoms with E-state index in [-0.39, 0.29) is 29.6 Å². The molecule has 2 aromatic rings. The van der Waals surface area contributed by atoms with Gasteiger partial charge in [0.15, 0.2) is 14.9 Å². The summed E-state index contributed by atoms with van der Waals surface area (Å²) in [5, 5.41) is -0.166. The molecule has 1 aromatic carbocycles. The van der Waals surface area contributed by atoms with E-state index in [1.165, 1.54) is 16.4 Å². The first-order valence-electron chi connectivity index (χ1n) is 7.65. The highest BCUT2D eigenvalue weighted by Crippen LogP contribution is 2.17. The second-order valence-corrected chi connectivity index (χ2v) is 9.43. The van der Waals surface area contributed by atoms with Crippen LogP contribution in [0.15, 0.2) is 58.6 Å². The predicted molar refractivity (Wildman–Crippen MR) is 95.3 cm³/mol. The highest BCUT2D eigenvalue weighted by atomic mass is 32.2. The van der Waals surface area contributed by atoms with Gasteiger partial charge >= 0.3 is 0 Å². The minimum atomic E-state index is -3.80. The topological polar surface area (TPSA) is 110 Å². The number of hydrogen-bond donors (Lipinski definition) is 1. The predicted octanol–water partition coefficient (Wildman–Crippen LogP) is 0.677. The first-order chi connectivity index (χ1) is 11.7. The molecule has 0 aliphatic rings. The maximum Gasteiger partial charge on any atom is 0.244 e. The zero-order chi connectivity index (χ0) is 18.5. The second-order valence-electron chi connectivity index (χ2n) is 5.53. The first kappa shape index (κ1) is 19.5. The Balaban J connectivity index is 2.23. The van der Waals surface area contributed by atoms with Crippen LogP contribution in [-0.2, 0) is 26.3 Å². The fourth-order valence-corrected chi connectivity index (χ4v) is 4.24. The molecule has 2 rings (SSSR count). The molecule has 0 fully saturated rings. The largest absolute Gasteiger partial charge is 0.329 e. The molecule has 0 unspecified atom stereocenters. The van der Waals surface area contributed by atoms with Crippen LogP contribution < -0.4 is 5.73 Å². The number of hydrogen-bond acceptors (Lipinski definition) is 6. The summed E-state index contributed by atoms with van der Waals surface area (Å²) in [5.74, 6) is 0. The fraction of sp³-hybridized carbons (Fsp3) is 0.312. The Kier molecular flexibility index (Phi) is 6.28. The van der Waals surface area contributed by atoms with E-state index in [2.05, 4.69) is 4.98 Å². The zero-order valence-electron chi connectivity index (χ0n) is 13.9. The van der Waals surface area contributed by atoms with Crippen molar-refractivity contribution in [2.75, 3.05) is 25.9 Å². The SMILES string of the molecule is CS(=O)(=O)c1ccc(S(=O)(=O)N(CCN)CCc2ccccc2)cn1. The summed E-state index contributed by atoms with van der Waals surface area (Å²) in [6.07, 6.45) is 2.64. The zero-order valence-corrected chi connectivity index (χ0v) is 15.5. The van der Waals surface area contributed by atoms with Crippen molar-refractivity contribution in [2.24, 2.45) is 5.73 Å². The van der Waals surface area contributed by atoms with Crippen molar-refractivity contribution >= 4 is 19.9 Å². The van der Waals surface area contributed by atoms with Gasteiger partial charge in [-0.05, 0) is 24.1 Å². The summed E-state index contributed by atoms with van der Waals surface area (Å²) in [6.45, 7) is 0.628. The van der Waals surface area contributed by atoms with Gasteiger partial charge in [0, 0.05) is 32.1 Å². The van der Waals surface area contributed by atoms with Crippen molar-refractivity contribution in [1.82, 2.24) is 9.29 Å². The average molecular weight is 383 g/mol. The molecule has 0 amide bonds. The average Bonchev–Trinajstić information content (AvgIpc) is 2.58. The van der Waals surface area contributed by atoms with Crippen molar-refractivity contribution in [3.05, 3.63) is 54.2 Å². The van der Waals surface area contributed by atoms with Crippen LogP contribution in [0, 0.1) is 0 Å². The summed E-state index contributed by atoms with van der Waals surface area (Å²) in [7, 11) is -7.28. The van der Waals surface area contributed by atoms with Gasteiger partial charge in [0.1, 0.15) is 4.90 Å². The van der Waals surface area contributed by atoms with Crippen LogP contribution in [0.5, 0.6) is 0 Å². The molecule has 25 heavy (non-hydrogen) atoms. The number of nitrogens with zero attached hydrogens (tertiary/aromatic N) is 2. The summed E-state index contributed by atoms with van der Waals surface area (Å²) < 4.78 is 49.8. The highest BCUT2D eigenvalue weighted by molar-refractivity contribution is 7.90. The van der Waals surface area contributed by atoms with E-state index in [0.717, 1.165) is 18.0 Å². The number of rotatable bonds is 8. The molecule has 0 radical (unpaired) electrons. The number of aromatic nitrogens is 1. The molecule has 7 nitrogen and oxygen atoms in total. The molecule has 0 saturated carbocycles. The molecule has 0 aliphatic carbocycles. The number of benzene rings is 1. The molecule has 0 bridgehead atoms. The second kappa shape index (κ2) is 8.05. The van der Waals surface area contributed by atoms with E-state index in [9.17, 15) is 16.8 Å². The molecule has 0 aliphatic heterocycles. The van der Waals surface area contributed by atoms with Gasteiger partial charge in [0.2, 0.25) is 10.0 Å². The molecular weight excluding hydrogens is 362 g/mol. The lowest BCUT2D eigenvalue weighted by Gasteiger charge is -2.21. The molecular formula is C16H21N3O4S2. The number of sulfone groups is 1. The molecule has 136 valence electrons. The van der Waals surface area contributed by atoms with Gasteiger partial charge in [-0.25, -0.2) is 21.8 Å². The molecule has 1 aromatic heterocycles. The molecule has 0 saturated heterocycles.